The molecule has 0 aliphatic carbocycles. The van der Waals surface area contributed by atoms with Crippen LogP contribution < -0.4 is 10.2 Å². The van der Waals surface area contributed by atoms with Gasteiger partial charge in [-0.2, -0.15) is 0 Å². The number of hydrogen-bond acceptors (Lipinski definition) is 6. The van der Waals surface area contributed by atoms with Crippen LogP contribution in [0.3, 0.4) is 0 Å². The van der Waals surface area contributed by atoms with E-state index in [0.717, 1.165) is 73.3 Å². The molecule has 4 heterocycles. The number of carbonyl (C=O) groups is 1. The van der Waals surface area contributed by atoms with Gasteiger partial charge in [-0.3, -0.25) is 4.79 Å². The highest BCUT2D eigenvalue weighted by molar-refractivity contribution is 6.05. The minimum Gasteiger partial charge on any atom is -0.450 e. The number of aromatic nitrogens is 2. The summed E-state index contributed by atoms with van der Waals surface area (Å²) in [5.41, 5.74) is 2.39. The zero-order valence-corrected chi connectivity index (χ0v) is 15.8. The summed E-state index contributed by atoms with van der Waals surface area (Å²) in [5, 5.41) is 4.07. The van der Waals surface area contributed by atoms with Crippen molar-refractivity contribution in [2.45, 2.75) is 31.8 Å². The second-order valence-corrected chi connectivity index (χ2v) is 7.61. The molecule has 1 aromatic carbocycles. The predicted molar refractivity (Wildman–Crippen MR) is 106 cm³/mol. The highest BCUT2D eigenvalue weighted by Gasteiger charge is 2.28. The summed E-state index contributed by atoms with van der Waals surface area (Å²) in [7, 11) is 0. The molecule has 2 aromatic heterocycles. The highest BCUT2D eigenvalue weighted by Crippen LogP contribution is 2.33. The number of rotatable bonds is 4. The Morgan fingerprint density at radius 2 is 2.04 bits per heavy atom. The van der Waals surface area contributed by atoms with Gasteiger partial charge >= 0.3 is 0 Å². The number of anilines is 1. The number of hydrogen-bond donors (Lipinski definition) is 1. The van der Waals surface area contributed by atoms with Gasteiger partial charge in [0, 0.05) is 37.5 Å². The first kappa shape index (κ1) is 17.4. The summed E-state index contributed by atoms with van der Waals surface area (Å²) < 4.78 is 11.6. The third-order valence-corrected chi connectivity index (χ3v) is 5.83. The molecule has 2 aliphatic heterocycles. The average Bonchev–Trinajstić information content (AvgIpc) is 3.39. The second-order valence-electron chi connectivity index (χ2n) is 7.61. The fraction of sp³-hybridized carbons (Fsp3) is 0.476. The van der Waals surface area contributed by atoms with E-state index in [9.17, 15) is 4.79 Å². The third kappa shape index (κ3) is 3.20. The van der Waals surface area contributed by atoms with Crippen molar-refractivity contribution in [3.63, 3.8) is 0 Å². The summed E-state index contributed by atoms with van der Waals surface area (Å²) in [4.78, 5) is 23.6. The molecule has 7 nitrogen and oxygen atoms in total. The van der Waals surface area contributed by atoms with Crippen LogP contribution in [0.5, 0.6) is 0 Å². The van der Waals surface area contributed by atoms with Crippen LogP contribution in [0.2, 0.25) is 0 Å². The minimum atomic E-state index is 0.0469. The Labute approximate surface area is 163 Å². The maximum Gasteiger partial charge on any atom is 0.223 e. The number of piperidine rings is 1. The lowest BCUT2D eigenvalue weighted by Gasteiger charge is -2.32. The van der Waals surface area contributed by atoms with Crippen molar-refractivity contribution in [1.82, 2.24) is 15.3 Å². The lowest BCUT2D eigenvalue weighted by molar-refractivity contribution is -0.126. The molecule has 2 fully saturated rings. The molecule has 0 saturated carbocycles. The van der Waals surface area contributed by atoms with Gasteiger partial charge in [0.1, 0.15) is 17.4 Å². The minimum absolute atomic E-state index is 0.0469. The molecule has 1 atom stereocenters. The molecule has 0 unspecified atom stereocenters. The quantitative estimate of drug-likeness (QED) is 0.750. The van der Waals surface area contributed by atoms with Crippen molar-refractivity contribution < 1.29 is 13.9 Å². The first-order valence-electron chi connectivity index (χ1n) is 10.1. The third-order valence-electron chi connectivity index (χ3n) is 5.83. The number of furan rings is 1. The van der Waals surface area contributed by atoms with Crippen LogP contribution in [0.4, 0.5) is 5.82 Å². The SMILES string of the molecule is O=C(NC[C@@H]1CCCO1)C1CCN(c2ncnc3c2oc2ccccc23)CC1. The highest BCUT2D eigenvalue weighted by atomic mass is 16.5. The smallest absolute Gasteiger partial charge is 0.223 e. The molecule has 1 amide bonds. The largest absolute Gasteiger partial charge is 0.450 e. The molecule has 0 radical (unpaired) electrons. The summed E-state index contributed by atoms with van der Waals surface area (Å²) in [6.07, 6.45) is 5.53. The van der Waals surface area contributed by atoms with Crippen molar-refractivity contribution in [2.75, 3.05) is 31.1 Å². The molecule has 2 saturated heterocycles. The van der Waals surface area contributed by atoms with Gasteiger partial charge < -0.3 is 19.4 Å². The number of carbonyl (C=O) groups excluding carboxylic acids is 1. The molecule has 5 rings (SSSR count). The van der Waals surface area contributed by atoms with Gasteiger partial charge in [-0.05, 0) is 37.8 Å². The van der Waals surface area contributed by atoms with Crippen LogP contribution >= 0.6 is 0 Å². The van der Waals surface area contributed by atoms with Crippen molar-refractivity contribution in [3.8, 4) is 0 Å². The van der Waals surface area contributed by atoms with E-state index in [-0.39, 0.29) is 17.9 Å². The fourth-order valence-electron chi connectivity index (χ4n) is 4.25. The van der Waals surface area contributed by atoms with E-state index >= 15 is 0 Å². The molecular formula is C21H24N4O3. The Morgan fingerprint density at radius 3 is 2.86 bits per heavy atom. The molecule has 3 aromatic rings. The summed E-state index contributed by atoms with van der Waals surface area (Å²) >= 11 is 0. The predicted octanol–water partition coefficient (Wildman–Crippen LogP) is 2.89. The Kier molecular flexibility index (Phi) is 4.60. The maximum absolute atomic E-state index is 12.5. The normalized spacial score (nSPS) is 20.9. The van der Waals surface area contributed by atoms with Crippen LogP contribution in [0, 0.1) is 5.92 Å². The lowest BCUT2D eigenvalue weighted by atomic mass is 9.95. The molecule has 0 bridgehead atoms. The number of nitrogens with zero attached hydrogens (tertiary/aromatic N) is 3. The van der Waals surface area contributed by atoms with Crippen molar-refractivity contribution in [3.05, 3.63) is 30.6 Å². The first-order valence-corrected chi connectivity index (χ1v) is 10.1. The van der Waals surface area contributed by atoms with Gasteiger partial charge in [-0.1, -0.05) is 12.1 Å². The molecule has 1 N–H and O–H groups in total. The topological polar surface area (TPSA) is 80.5 Å². The molecule has 146 valence electrons. The number of benzene rings is 1. The Balaban J connectivity index is 1.27. The maximum atomic E-state index is 12.5. The van der Waals surface area contributed by atoms with E-state index < -0.39 is 0 Å². The van der Waals surface area contributed by atoms with E-state index in [1.165, 1.54) is 0 Å². The summed E-state index contributed by atoms with van der Waals surface area (Å²) in [6.45, 7) is 3.00. The standard InChI is InChI=1S/C21H24N4O3/c26-21(22-12-15-4-3-11-27-15)14-7-9-25(10-8-14)20-19-18(23-13-24-20)16-5-1-2-6-17(16)28-19/h1-2,5-6,13-15H,3-4,7-12H2,(H,22,26)/t15-/m0/s1. The fourth-order valence-corrected chi connectivity index (χ4v) is 4.25. The van der Waals surface area contributed by atoms with Gasteiger partial charge in [0.2, 0.25) is 5.91 Å². The molecule has 7 heteroatoms. The number of para-hydroxylation sites is 1. The molecule has 28 heavy (non-hydrogen) atoms. The van der Waals surface area contributed by atoms with E-state index in [1.807, 2.05) is 24.3 Å². The van der Waals surface area contributed by atoms with E-state index in [1.54, 1.807) is 6.33 Å². The van der Waals surface area contributed by atoms with Gasteiger partial charge in [-0.15, -0.1) is 0 Å². The van der Waals surface area contributed by atoms with Gasteiger partial charge in [0.25, 0.3) is 0 Å². The van der Waals surface area contributed by atoms with E-state index in [4.69, 9.17) is 9.15 Å². The van der Waals surface area contributed by atoms with Crippen LogP contribution in [0.1, 0.15) is 25.7 Å². The molecule has 0 spiro atoms. The van der Waals surface area contributed by atoms with E-state index in [0.29, 0.717) is 6.54 Å². The summed E-state index contributed by atoms with van der Waals surface area (Å²) in [6, 6.07) is 7.91. The van der Waals surface area contributed by atoms with Crippen LogP contribution in [0.25, 0.3) is 22.1 Å². The second kappa shape index (κ2) is 7.39. The zero-order chi connectivity index (χ0) is 18.9. The van der Waals surface area contributed by atoms with Gasteiger partial charge in [-0.25, -0.2) is 9.97 Å². The number of nitrogens with one attached hydrogen (secondary N) is 1. The lowest BCUT2D eigenvalue weighted by Crippen LogP contribution is -2.42. The number of fused-ring (bicyclic) bond motifs is 3. The van der Waals surface area contributed by atoms with Crippen molar-refractivity contribution >= 4 is 33.8 Å². The first-order chi connectivity index (χ1) is 13.8. The summed E-state index contributed by atoms with van der Waals surface area (Å²) in [5.74, 6) is 1.01. The average molecular weight is 380 g/mol. The molecular weight excluding hydrogens is 356 g/mol. The van der Waals surface area contributed by atoms with Crippen molar-refractivity contribution in [1.29, 1.82) is 0 Å². The van der Waals surface area contributed by atoms with Crippen LogP contribution in [-0.2, 0) is 9.53 Å². The number of amides is 1. The Bertz CT molecular complexity index is 988. The van der Waals surface area contributed by atoms with E-state index in [2.05, 4.69) is 20.2 Å². The Hall–Kier alpha value is -2.67. The zero-order valence-electron chi connectivity index (χ0n) is 15.8. The van der Waals surface area contributed by atoms with Gasteiger partial charge in [0.05, 0.1) is 6.10 Å². The van der Waals surface area contributed by atoms with Crippen LogP contribution in [0.15, 0.2) is 35.0 Å². The Morgan fingerprint density at radius 1 is 1.18 bits per heavy atom. The number of ether oxygens (including phenoxy) is 1. The van der Waals surface area contributed by atoms with Crippen molar-refractivity contribution in [2.24, 2.45) is 5.92 Å². The van der Waals surface area contributed by atoms with Crippen LogP contribution in [-0.4, -0.2) is 48.2 Å². The molecule has 2 aliphatic rings. The monoisotopic (exact) mass is 380 g/mol. The van der Waals surface area contributed by atoms with Gasteiger partial charge in [0.15, 0.2) is 11.4 Å².